The molecule has 10 heteroatoms. The van der Waals surface area contributed by atoms with E-state index in [-0.39, 0.29) is 22.8 Å². The summed E-state index contributed by atoms with van der Waals surface area (Å²) in [6.07, 6.45) is 4.65. The van der Waals surface area contributed by atoms with Gasteiger partial charge in [-0.1, -0.05) is 20.8 Å². The second-order valence-corrected chi connectivity index (χ2v) is 9.27. The zero-order valence-corrected chi connectivity index (χ0v) is 18.8. The third kappa shape index (κ3) is 4.30. The number of carbonyl (C=O) groups excluding carboxylic acids is 1. The van der Waals surface area contributed by atoms with Crippen LogP contribution in [0.2, 0.25) is 0 Å². The zero-order valence-electron chi connectivity index (χ0n) is 18.8. The first-order valence-corrected chi connectivity index (χ1v) is 10.7. The minimum absolute atomic E-state index is 0.0192. The molecule has 4 rings (SSSR count). The number of ether oxygens (including phenoxy) is 1. The van der Waals surface area contributed by atoms with Gasteiger partial charge in [-0.3, -0.25) is 14.2 Å². The summed E-state index contributed by atoms with van der Waals surface area (Å²) in [7, 11) is 1.35. The predicted octanol–water partition coefficient (Wildman–Crippen LogP) is 1.34. The van der Waals surface area contributed by atoms with Gasteiger partial charge < -0.3 is 14.6 Å². The summed E-state index contributed by atoms with van der Waals surface area (Å²) in [5, 5.41) is 4.50. The number of aromatic nitrogens is 5. The number of piperidine rings is 1. The fourth-order valence-corrected chi connectivity index (χ4v) is 3.70. The van der Waals surface area contributed by atoms with Crippen LogP contribution in [0.15, 0.2) is 34.1 Å². The van der Waals surface area contributed by atoms with Gasteiger partial charge in [-0.2, -0.15) is 0 Å². The van der Waals surface area contributed by atoms with Crippen molar-refractivity contribution in [1.29, 1.82) is 0 Å². The topological polar surface area (TPSA) is 115 Å². The molecule has 10 nitrogen and oxygen atoms in total. The quantitative estimate of drug-likeness (QED) is 0.655. The van der Waals surface area contributed by atoms with Crippen LogP contribution in [-0.2, 0) is 12.5 Å². The highest BCUT2D eigenvalue weighted by molar-refractivity contribution is 5.93. The molecule has 1 saturated heterocycles. The van der Waals surface area contributed by atoms with Crippen molar-refractivity contribution in [1.82, 2.24) is 29.0 Å². The fraction of sp³-hybridized carbons (Fsp3) is 0.500. The lowest BCUT2D eigenvalue weighted by molar-refractivity contribution is 0.0656. The molecule has 32 heavy (non-hydrogen) atoms. The lowest BCUT2D eigenvalue weighted by Crippen LogP contribution is -2.44. The number of rotatable bonds is 4. The summed E-state index contributed by atoms with van der Waals surface area (Å²) in [5.74, 6) is 0.455. The Bertz CT molecular complexity index is 1260. The van der Waals surface area contributed by atoms with Gasteiger partial charge in [-0.05, 0) is 24.8 Å². The first-order valence-electron chi connectivity index (χ1n) is 10.7. The number of nitrogens with zero attached hydrogens (tertiary/aromatic N) is 5. The van der Waals surface area contributed by atoms with E-state index < -0.39 is 11.2 Å². The van der Waals surface area contributed by atoms with Crippen molar-refractivity contribution in [3.63, 3.8) is 0 Å². The SMILES string of the molecule is Cn1c(=O)[nH]cc(C(=O)N2CCC(COc3ccc4nc(C(C)(C)C)cn4n3)CC2)c1=O. The third-order valence-electron chi connectivity index (χ3n) is 5.84. The monoisotopic (exact) mass is 440 g/mol. The average molecular weight is 441 g/mol. The first kappa shape index (κ1) is 21.8. The van der Waals surface area contributed by atoms with Crippen molar-refractivity contribution in [2.24, 2.45) is 13.0 Å². The number of nitrogens with one attached hydrogen (secondary N) is 1. The van der Waals surface area contributed by atoms with Crippen LogP contribution in [0.1, 0.15) is 49.7 Å². The number of likely N-dealkylation sites (tertiary alicyclic amines) is 1. The van der Waals surface area contributed by atoms with Gasteiger partial charge in [0.05, 0.1) is 18.5 Å². The molecule has 0 aromatic carbocycles. The van der Waals surface area contributed by atoms with Gasteiger partial charge in [-0.15, -0.1) is 5.10 Å². The Labute approximate surface area is 184 Å². The van der Waals surface area contributed by atoms with Crippen LogP contribution in [0, 0.1) is 5.92 Å². The van der Waals surface area contributed by atoms with E-state index in [0.29, 0.717) is 25.6 Å². The molecule has 1 N–H and O–H groups in total. The molecule has 3 aromatic rings. The molecule has 0 spiro atoms. The summed E-state index contributed by atoms with van der Waals surface area (Å²) in [6.45, 7) is 7.88. The van der Waals surface area contributed by atoms with Gasteiger partial charge in [0.25, 0.3) is 11.5 Å². The van der Waals surface area contributed by atoms with Crippen LogP contribution in [0.4, 0.5) is 0 Å². The maximum absolute atomic E-state index is 12.7. The maximum Gasteiger partial charge on any atom is 0.328 e. The van der Waals surface area contributed by atoms with E-state index in [1.165, 1.54) is 13.2 Å². The molecule has 4 heterocycles. The van der Waals surface area contributed by atoms with E-state index in [2.05, 4.69) is 35.8 Å². The minimum atomic E-state index is -0.584. The highest BCUT2D eigenvalue weighted by Gasteiger charge is 2.26. The molecule has 1 aliphatic rings. The maximum atomic E-state index is 12.7. The van der Waals surface area contributed by atoms with Gasteiger partial charge in [0.2, 0.25) is 5.88 Å². The normalized spacial score (nSPS) is 15.3. The van der Waals surface area contributed by atoms with Gasteiger partial charge in [-0.25, -0.2) is 14.3 Å². The molecule has 3 aromatic heterocycles. The zero-order chi connectivity index (χ0) is 23.0. The molecule has 1 aliphatic heterocycles. The Morgan fingerprint density at radius 1 is 1.22 bits per heavy atom. The van der Waals surface area contributed by atoms with Crippen molar-refractivity contribution < 1.29 is 9.53 Å². The molecule has 1 fully saturated rings. The summed E-state index contributed by atoms with van der Waals surface area (Å²) >= 11 is 0. The van der Waals surface area contributed by atoms with Crippen LogP contribution < -0.4 is 16.0 Å². The van der Waals surface area contributed by atoms with Gasteiger partial charge in [0.15, 0.2) is 5.65 Å². The molecule has 1 amide bonds. The van der Waals surface area contributed by atoms with Crippen molar-refractivity contribution in [3.05, 3.63) is 56.6 Å². The predicted molar refractivity (Wildman–Crippen MR) is 118 cm³/mol. The number of hydrogen-bond donors (Lipinski definition) is 1. The number of imidazole rings is 1. The smallest absolute Gasteiger partial charge is 0.328 e. The summed E-state index contributed by atoms with van der Waals surface area (Å²) in [4.78, 5) is 45.1. The van der Waals surface area contributed by atoms with Crippen LogP contribution in [0.5, 0.6) is 5.88 Å². The lowest BCUT2D eigenvalue weighted by Gasteiger charge is -2.31. The number of aromatic amines is 1. The summed E-state index contributed by atoms with van der Waals surface area (Å²) in [5.41, 5.74) is 0.548. The van der Waals surface area contributed by atoms with Crippen molar-refractivity contribution in [2.75, 3.05) is 19.7 Å². The van der Waals surface area contributed by atoms with Crippen LogP contribution in [0.25, 0.3) is 5.65 Å². The first-order chi connectivity index (χ1) is 15.1. The number of hydrogen-bond acceptors (Lipinski definition) is 6. The van der Waals surface area contributed by atoms with E-state index in [1.807, 2.05) is 18.3 Å². The van der Waals surface area contributed by atoms with E-state index in [0.717, 1.165) is 28.7 Å². The second kappa shape index (κ2) is 8.25. The van der Waals surface area contributed by atoms with Gasteiger partial charge in [0.1, 0.15) is 5.56 Å². The Morgan fingerprint density at radius 2 is 1.94 bits per heavy atom. The molecule has 0 saturated carbocycles. The van der Waals surface area contributed by atoms with Crippen LogP contribution in [0.3, 0.4) is 0 Å². The minimum Gasteiger partial charge on any atom is -0.476 e. The number of fused-ring (bicyclic) bond motifs is 1. The standard InChI is InChI=1S/C22H28N6O4/c1-22(2,3)16-12-28-17(24-16)5-6-18(25-28)32-13-14-7-9-27(10-8-14)20(30)15-11-23-21(31)26(4)19(15)29/h5-6,11-12,14H,7-10,13H2,1-4H3,(H,23,31). The van der Waals surface area contributed by atoms with Crippen molar-refractivity contribution >= 4 is 11.6 Å². The summed E-state index contributed by atoms with van der Waals surface area (Å²) in [6, 6.07) is 3.71. The molecule has 0 radical (unpaired) electrons. The molecule has 0 atom stereocenters. The Kier molecular flexibility index (Phi) is 5.62. The average Bonchev–Trinajstić information content (AvgIpc) is 3.20. The van der Waals surface area contributed by atoms with E-state index in [1.54, 1.807) is 9.42 Å². The van der Waals surface area contributed by atoms with Gasteiger partial charge in [0, 0.05) is 37.8 Å². The van der Waals surface area contributed by atoms with Crippen molar-refractivity contribution in [3.8, 4) is 5.88 Å². The Balaban J connectivity index is 1.34. The Hall–Kier alpha value is -3.43. The second-order valence-electron chi connectivity index (χ2n) is 9.27. The summed E-state index contributed by atoms with van der Waals surface area (Å²) < 4.78 is 8.56. The van der Waals surface area contributed by atoms with Crippen LogP contribution >= 0.6 is 0 Å². The van der Waals surface area contributed by atoms with E-state index in [4.69, 9.17) is 4.74 Å². The largest absolute Gasteiger partial charge is 0.476 e. The molecule has 0 unspecified atom stereocenters. The molecular formula is C22H28N6O4. The van der Waals surface area contributed by atoms with E-state index in [9.17, 15) is 14.4 Å². The molecular weight excluding hydrogens is 412 g/mol. The third-order valence-corrected chi connectivity index (χ3v) is 5.84. The fourth-order valence-electron chi connectivity index (χ4n) is 3.70. The number of amides is 1. The molecule has 0 bridgehead atoms. The highest BCUT2D eigenvalue weighted by atomic mass is 16.5. The number of carbonyl (C=O) groups is 1. The van der Waals surface area contributed by atoms with Crippen LogP contribution in [-0.4, -0.2) is 54.7 Å². The molecule has 0 aliphatic carbocycles. The molecule has 170 valence electrons. The van der Waals surface area contributed by atoms with E-state index >= 15 is 0 Å². The van der Waals surface area contributed by atoms with Crippen molar-refractivity contribution in [2.45, 2.75) is 39.0 Å². The highest BCUT2D eigenvalue weighted by Crippen LogP contribution is 2.23. The number of H-pyrrole nitrogens is 1. The Morgan fingerprint density at radius 3 is 2.62 bits per heavy atom. The lowest BCUT2D eigenvalue weighted by atomic mass is 9.93. The van der Waals surface area contributed by atoms with Gasteiger partial charge >= 0.3 is 5.69 Å².